The molecule has 2 aliphatic carbocycles. The van der Waals surface area contributed by atoms with E-state index in [4.69, 9.17) is 20.4 Å². The highest BCUT2D eigenvalue weighted by Crippen LogP contribution is 2.40. The van der Waals surface area contributed by atoms with Crippen molar-refractivity contribution < 1.29 is 30.6 Å². The summed E-state index contributed by atoms with van der Waals surface area (Å²) < 4.78 is 0. The van der Waals surface area contributed by atoms with Crippen LogP contribution in [0.15, 0.2) is 0 Å². The van der Waals surface area contributed by atoms with E-state index in [1.807, 2.05) is 0 Å². The minimum absolute atomic E-state index is 0.250. The van der Waals surface area contributed by atoms with Crippen molar-refractivity contribution in [2.24, 2.45) is 23.7 Å². The first-order chi connectivity index (χ1) is 13.8. The van der Waals surface area contributed by atoms with E-state index in [1.54, 1.807) is 0 Å². The zero-order valence-electron chi connectivity index (χ0n) is 17.9. The maximum atomic E-state index is 10.1. The minimum atomic E-state index is -1.31. The summed E-state index contributed by atoms with van der Waals surface area (Å²) in [4.78, 5) is 0. The topological polar surface area (TPSA) is 121 Å². The summed E-state index contributed by atoms with van der Waals surface area (Å²) >= 11 is 0. The van der Waals surface area contributed by atoms with Crippen LogP contribution in [-0.4, -0.2) is 55.4 Å². The number of aliphatic hydroxyl groups excluding tert-OH is 4. The molecule has 2 rings (SSSR count). The molecule has 172 valence electrons. The summed E-state index contributed by atoms with van der Waals surface area (Å²) in [5.74, 6) is 2.76. The van der Waals surface area contributed by atoms with Gasteiger partial charge >= 0.3 is 0 Å². The molecule has 2 fully saturated rings. The molecule has 2 aliphatic rings. The van der Waals surface area contributed by atoms with Gasteiger partial charge in [0.2, 0.25) is 0 Å². The second-order valence-corrected chi connectivity index (χ2v) is 9.90. The van der Waals surface area contributed by atoms with E-state index in [-0.39, 0.29) is 12.8 Å². The molecule has 0 aromatic carbocycles. The van der Waals surface area contributed by atoms with Crippen molar-refractivity contribution in [2.45, 2.75) is 121 Å². The molecule has 2 saturated carbocycles. The number of rotatable bonds is 12. The van der Waals surface area contributed by atoms with Gasteiger partial charge in [0, 0.05) is 12.8 Å². The maximum Gasteiger partial charge on any atom is 0.151 e. The molecule has 0 bridgehead atoms. The Morgan fingerprint density at radius 2 is 0.759 bits per heavy atom. The summed E-state index contributed by atoms with van der Waals surface area (Å²) in [6.45, 7) is 0. The van der Waals surface area contributed by atoms with Gasteiger partial charge in [-0.1, -0.05) is 51.4 Å². The Hall–Kier alpha value is -0.240. The molecule has 6 nitrogen and oxygen atoms in total. The van der Waals surface area contributed by atoms with Gasteiger partial charge in [-0.3, -0.25) is 0 Å². The summed E-state index contributed by atoms with van der Waals surface area (Å²) in [5, 5.41) is 55.8. The van der Waals surface area contributed by atoms with E-state index >= 15 is 0 Å². The first-order valence-corrected chi connectivity index (χ1v) is 11.9. The SMILES string of the molecule is OC(O)CCC(O)CC1CCC(CC2CCC(CC(O)CCC(O)O)CC2)CC1. The van der Waals surface area contributed by atoms with Crippen LogP contribution in [0.1, 0.15) is 96.3 Å². The van der Waals surface area contributed by atoms with E-state index in [0.29, 0.717) is 24.7 Å². The van der Waals surface area contributed by atoms with E-state index < -0.39 is 24.8 Å². The number of aliphatic hydroxyl groups is 6. The highest BCUT2D eigenvalue weighted by atomic mass is 16.5. The molecule has 6 N–H and O–H groups in total. The lowest BCUT2D eigenvalue weighted by Crippen LogP contribution is -2.24. The molecule has 2 atom stereocenters. The Labute approximate surface area is 176 Å². The van der Waals surface area contributed by atoms with Gasteiger partial charge in [0.25, 0.3) is 0 Å². The second kappa shape index (κ2) is 13.2. The van der Waals surface area contributed by atoms with Crippen molar-refractivity contribution >= 4 is 0 Å². The molecule has 29 heavy (non-hydrogen) atoms. The summed E-state index contributed by atoms with van der Waals surface area (Å²) in [7, 11) is 0. The van der Waals surface area contributed by atoms with Crippen molar-refractivity contribution in [2.75, 3.05) is 0 Å². The van der Waals surface area contributed by atoms with Crippen LogP contribution in [0.3, 0.4) is 0 Å². The Kier molecular flexibility index (Phi) is 11.4. The van der Waals surface area contributed by atoms with Crippen LogP contribution < -0.4 is 0 Å². The van der Waals surface area contributed by atoms with Crippen LogP contribution in [0.4, 0.5) is 0 Å². The van der Waals surface area contributed by atoms with Crippen molar-refractivity contribution in [3.8, 4) is 0 Å². The normalized spacial score (nSPS) is 30.6. The summed E-state index contributed by atoms with van der Waals surface area (Å²) in [5.41, 5.74) is 0. The Morgan fingerprint density at radius 3 is 1.07 bits per heavy atom. The highest BCUT2D eigenvalue weighted by molar-refractivity contribution is 4.80. The van der Waals surface area contributed by atoms with Gasteiger partial charge in [-0.2, -0.15) is 0 Å². The number of hydrogen-bond acceptors (Lipinski definition) is 6. The predicted molar refractivity (Wildman–Crippen MR) is 112 cm³/mol. The van der Waals surface area contributed by atoms with Crippen molar-refractivity contribution in [1.29, 1.82) is 0 Å². The third kappa shape index (κ3) is 10.6. The second-order valence-electron chi connectivity index (χ2n) is 9.90. The fraction of sp³-hybridized carbons (Fsp3) is 1.00. The fourth-order valence-corrected chi connectivity index (χ4v) is 5.57. The van der Waals surface area contributed by atoms with E-state index in [2.05, 4.69) is 0 Å². The molecule has 0 spiro atoms. The van der Waals surface area contributed by atoms with Crippen LogP contribution in [0.2, 0.25) is 0 Å². The van der Waals surface area contributed by atoms with Gasteiger partial charge in [-0.25, -0.2) is 0 Å². The molecule has 0 radical (unpaired) electrons. The Bertz CT molecular complexity index is 376. The van der Waals surface area contributed by atoms with Gasteiger partial charge in [0.1, 0.15) is 0 Å². The largest absolute Gasteiger partial charge is 0.393 e. The standard InChI is InChI=1S/C23H44O6/c24-20(9-11-22(26)27)14-18-5-1-16(2-6-18)13-17-3-7-19(8-4-17)15-21(25)10-12-23(28)29/h16-29H,1-15H2. The lowest BCUT2D eigenvalue weighted by Gasteiger charge is -2.35. The van der Waals surface area contributed by atoms with Gasteiger partial charge in [-0.15, -0.1) is 0 Å². The average Bonchev–Trinajstić information content (AvgIpc) is 2.68. The zero-order valence-corrected chi connectivity index (χ0v) is 17.9. The van der Waals surface area contributed by atoms with Crippen molar-refractivity contribution in [1.82, 2.24) is 0 Å². The monoisotopic (exact) mass is 416 g/mol. The quantitative estimate of drug-likeness (QED) is 0.272. The summed E-state index contributed by atoms with van der Waals surface area (Å²) in [6, 6.07) is 0. The van der Waals surface area contributed by atoms with Crippen LogP contribution in [-0.2, 0) is 0 Å². The lowest BCUT2D eigenvalue weighted by atomic mass is 9.71. The first-order valence-electron chi connectivity index (χ1n) is 11.9. The van der Waals surface area contributed by atoms with Gasteiger partial charge in [-0.05, 0) is 55.8 Å². The Morgan fingerprint density at radius 1 is 0.448 bits per heavy atom. The van der Waals surface area contributed by atoms with E-state index in [9.17, 15) is 10.2 Å². The lowest BCUT2D eigenvalue weighted by molar-refractivity contribution is -0.0547. The van der Waals surface area contributed by atoms with Crippen molar-refractivity contribution in [3.05, 3.63) is 0 Å². The molecule has 0 heterocycles. The van der Waals surface area contributed by atoms with Gasteiger partial charge < -0.3 is 30.6 Å². The average molecular weight is 417 g/mol. The molecule has 0 aromatic rings. The fourth-order valence-electron chi connectivity index (χ4n) is 5.57. The van der Waals surface area contributed by atoms with E-state index in [1.165, 1.54) is 57.8 Å². The molecule has 6 heteroatoms. The molecule has 2 unspecified atom stereocenters. The van der Waals surface area contributed by atoms with Gasteiger partial charge in [0.05, 0.1) is 12.2 Å². The van der Waals surface area contributed by atoms with Crippen LogP contribution in [0.5, 0.6) is 0 Å². The zero-order chi connectivity index (χ0) is 21.2. The smallest absolute Gasteiger partial charge is 0.151 e. The van der Waals surface area contributed by atoms with Crippen LogP contribution in [0.25, 0.3) is 0 Å². The third-order valence-corrected chi connectivity index (χ3v) is 7.33. The van der Waals surface area contributed by atoms with Crippen LogP contribution in [0, 0.1) is 23.7 Å². The van der Waals surface area contributed by atoms with Crippen LogP contribution >= 0.6 is 0 Å². The molecule has 0 amide bonds. The maximum absolute atomic E-state index is 10.1. The minimum Gasteiger partial charge on any atom is -0.393 e. The predicted octanol–water partition coefficient (Wildman–Crippen LogP) is 2.67. The molecule has 0 saturated heterocycles. The third-order valence-electron chi connectivity index (χ3n) is 7.33. The van der Waals surface area contributed by atoms with Crippen molar-refractivity contribution in [3.63, 3.8) is 0 Å². The number of hydrogen-bond donors (Lipinski definition) is 6. The first kappa shape index (κ1) is 25.0. The molecule has 0 aliphatic heterocycles. The van der Waals surface area contributed by atoms with E-state index in [0.717, 1.165) is 24.7 Å². The highest BCUT2D eigenvalue weighted by Gasteiger charge is 2.28. The molecular formula is C23H44O6. The molecular weight excluding hydrogens is 372 g/mol. The Balaban J connectivity index is 1.56. The van der Waals surface area contributed by atoms with Gasteiger partial charge in [0.15, 0.2) is 12.6 Å². The summed E-state index contributed by atoms with van der Waals surface area (Å²) in [6.07, 6.45) is 10.6. The molecule has 0 aromatic heterocycles.